The first-order valence-corrected chi connectivity index (χ1v) is 9.64. The molecular formula is C20H15F3N4O2S. The molecule has 1 aliphatic rings. The van der Waals surface area contributed by atoms with Gasteiger partial charge in [-0.3, -0.25) is 9.78 Å². The normalized spacial score (nSPS) is 14.8. The Morgan fingerprint density at radius 2 is 1.77 bits per heavy atom. The van der Waals surface area contributed by atoms with Crippen LogP contribution in [0.15, 0.2) is 59.6 Å². The maximum Gasteiger partial charge on any atom is 0.446 e. The fraction of sp³-hybridized carbons (Fsp3) is 0.150. The molecule has 1 aromatic heterocycles. The average Bonchev–Trinajstić information content (AvgIpc) is 2.97. The summed E-state index contributed by atoms with van der Waals surface area (Å²) < 4.78 is 37.5. The lowest BCUT2D eigenvalue weighted by Crippen LogP contribution is -2.33. The van der Waals surface area contributed by atoms with Crippen LogP contribution in [0.25, 0.3) is 10.9 Å². The number of nitrogens with two attached hydrogens (primary N) is 1. The molecule has 0 bridgehead atoms. The van der Waals surface area contributed by atoms with Crippen molar-refractivity contribution in [3.63, 3.8) is 0 Å². The quantitative estimate of drug-likeness (QED) is 0.488. The molecule has 6 nitrogen and oxygen atoms in total. The number of nitrogens with zero attached hydrogens (tertiary/aromatic N) is 3. The molecule has 0 aliphatic carbocycles. The van der Waals surface area contributed by atoms with Gasteiger partial charge in [-0.2, -0.15) is 13.2 Å². The van der Waals surface area contributed by atoms with E-state index in [1.165, 1.54) is 35.4 Å². The summed E-state index contributed by atoms with van der Waals surface area (Å²) in [5.74, 6) is -0.465. The first-order valence-electron chi connectivity index (χ1n) is 8.83. The Bertz CT molecular complexity index is 1140. The molecule has 1 saturated heterocycles. The lowest BCUT2D eigenvalue weighted by Gasteiger charge is -2.19. The summed E-state index contributed by atoms with van der Waals surface area (Å²) >= 11 is -0.260. The van der Waals surface area contributed by atoms with Gasteiger partial charge in [0.15, 0.2) is 0 Å². The minimum atomic E-state index is -4.41. The van der Waals surface area contributed by atoms with Crippen LogP contribution < -0.4 is 10.6 Å². The molecule has 0 radical (unpaired) electrons. The van der Waals surface area contributed by atoms with Crippen molar-refractivity contribution in [3.05, 3.63) is 60.3 Å². The minimum absolute atomic E-state index is 0.0294. The van der Waals surface area contributed by atoms with Crippen LogP contribution in [0.1, 0.15) is 5.56 Å². The van der Waals surface area contributed by atoms with Gasteiger partial charge in [0, 0.05) is 15.8 Å². The SMILES string of the molecule is Nc1cnc2ccccc2c1CN1CC(=O)N(c2ccc(SC(F)(F)F)cc2)C1=O. The van der Waals surface area contributed by atoms with Crippen LogP contribution >= 0.6 is 11.8 Å². The molecule has 4 rings (SSSR count). The van der Waals surface area contributed by atoms with Crippen molar-refractivity contribution in [1.82, 2.24) is 9.88 Å². The van der Waals surface area contributed by atoms with Gasteiger partial charge >= 0.3 is 11.5 Å². The number of alkyl halides is 3. The van der Waals surface area contributed by atoms with Crippen LogP contribution in [0.2, 0.25) is 0 Å². The van der Waals surface area contributed by atoms with Crippen molar-refractivity contribution in [3.8, 4) is 0 Å². The number of benzene rings is 2. The Balaban J connectivity index is 1.57. The second kappa shape index (κ2) is 7.52. The highest BCUT2D eigenvalue weighted by Crippen LogP contribution is 2.37. The van der Waals surface area contributed by atoms with Gasteiger partial charge in [0.1, 0.15) is 6.54 Å². The summed E-state index contributed by atoms with van der Waals surface area (Å²) in [5, 5.41) is 0.782. The number of fused-ring (bicyclic) bond motifs is 1. The zero-order valence-electron chi connectivity index (χ0n) is 15.4. The lowest BCUT2D eigenvalue weighted by molar-refractivity contribution is -0.116. The van der Waals surface area contributed by atoms with Crippen molar-refractivity contribution in [1.29, 1.82) is 0 Å². The van der Waals surface area contributed by atoms with Crippen molar-refractivity contribution in [2.45, 2.75) is 16.9 Å². The number of hydrogen-bond donors (Lipinski definition) is 1. The van der Waals surface area contributed by atoms with E-state index in [-0.39, 0.29) is 35.4 Å². The Labute approximate surface area is 173 Å². The number of pyridine rings is 1. The van der Waals surface area contributed by atoms with Crippen molar-refractivity contribution in [2.24, 2.45) is 0 Å². The van der Waals surface area contributed by atoms with Crippen LogP contribution in [0.3, 0.4) is 0 Å². The molecule has 1 aliphatic heterocycles. The summed E-state index contributed by atoms with van der Waals surface area (Å²) in [6, 6.07) is 11.9. The summed E-state index contributed by atoms with van der Waals surface area (Å²) in [6.45, 7) is -0.0497. The summed E-state index contributed by atoms with van der Waals surface area (Å²) in [6.07, 6.45) is 1.51. The number of para-hydroxylation sites is 1. The topological polar surface area (TPSA) is 79.5 Å². The third-order valence-corrected chi connectivity index (χ3v) is 5.37. The van der Waals surface area contributed by atoms with Gasteiger partial charge in [0.05, 0.1) is 29.6 Å². The second-order valence-corrected chi connectivity index (χ2v) is 7.76. The number of amides is 3. The highest BCUT2D eigenvalue weighted by molar-refractivity contribution is 8.00. The molecule has 3 amide bonds. The van der Waals surface area contributed by atoms with E-state index in [1.807, 2.05) is 24.3 Å². The minimum Gasteiger partial charge on any atom is -0.397 e. The molecule has 2 N–H and O–H groups in total. The van der Waals surface area contributed by atoms with Gasteiger partial charge in [-0.15, -0.1) is 0 Å². The van der Waals surface area contributed by atoms with E-state index in [0.29, 0.717) is 16.8 Å². The van der Waals surface area contributed by atoms with Gasteiger partial charge in [0.25, 0.3) is 5.91 Å². The van der Waals surface area contributed by atoms with Gasteiger partial charge in [0.2, 0.25) is 0 Å². The van der Waals surface area contributed by atoms with Gasteiger partial charge in [-0.05, 0) is 42.1 Å². The van der Waals surface area contributed by atoms with Gasteiger partial charge < -0.3 is 10.6 Å². The first-order chi connectivity index (χ1) is 14.2. The number of nitrogen functional groups attached to an aromatic ring is 1. The first kappa shape index (κ1) is 20.0. The smallest absolute Gasteiger partial charge is 0.397 e. The number of halogens is 3. The van der Waals surface area contributed by atoms with E-state index >= 15 is 0 Å². The molecule has 30 heavy (non-hydrogen) atoms. The molecule has 0 spiro atoms. The molecule has 2 heterocycles. The number of imide groups is 1. The van der Waals surface area contributed by atoms with E-state index in [2.05, 4.69) is 4.98 Å². The summed E-state index contributed by atoms with van der Waals surface area (Å²) in [7, 11) is 0. The van der Waals surface area contributed by atoms with Crippen molar-refractivity contribution < 1.29 is 22.8 Å². The third kappa shape index (κ3) is 3.90. The predicted octanol–water partition coefficient (Wildman–Crippen LogP) is 4.40. The number of urea groups is 1. The molecule has 0 unspecified atom stereocenters. The largest absolute Gasteiger partial charge is 0.446 e. The van der Waals surface area contributed by atoms with Crippen LogP contribution in [0, 0.1) is 0 Å². The maximum absolute atomic E-state index is 12.9. The van der Waals surface area contributed by atoms with Gasteiger partial charge in [-0.1, -0.05) is 18.2 Å². The van der Waals surface area contributed by atoms with E-state index in [4.69, 9.17) is 5.73 Å². The number of carbonyl (C=O) groups excluding carboxylic acids is 2. The van der Waals surface area contributed by atoms with E-state index in [1.54, 1.807) is 0 Å². The highest BCUT2D eigenvalue weighted by atomic mass is 32.2. The van der Waals surface area contributed by atoms with Crippen LogP contribution in [-0.2, 0) is 11.3 Å². The Hall–Kier alpha value is -3.27. The van der Waals surface area contributed by atoms with E-state index in [9.17, 15) is 22.8 Å². The summed E-state index contributed by atoms with van der Waals surface area (Å²) in [4.78, 5) is 31.9. The van der Waals surface area contributed by atoms with Crippen molar-refractivity contribution in [2.75, 3.05) is 17.2 Å². The lowest BCUT2D eigenvalue weighted by atomic mass is 10.1. The molecule has 1 fully saturated rings. The number of rotatable bonds is 4. The molecule has 2 aromatic carbocycles. The fourth-order valence-corrected chi connectivity index (χ4v) is 3.85. The van der Waals surface area contributed by atoms with Crippen LogP contribution in [-0.4, -0.2) is 33.9 Å². The molecular weight excluding hydrogens is 417 g/mol. The average molecular weight is 432 g/mol. The molecule has 3 aromatic rings. The monoisotopic (exact) mass is 432 g/mol. The third-order valence-electron chi connectivity index (χ3n) is 4.64. The Morgan fingerprint density at radius 3 is 2.47 bits per heavy atom. The second-order valence-electron chi connectivity index (χ2n) is 6.62. The standard InChI is InChI=1S/C20H15F3N4O2S/c21-20(22,23)30-13-7-5-12(6-8-13)27-18(28)11-26(19(27)29)10-15-14-3-1-2-4-17(14)25-9-16(15)24/h1-9H,10-11,24H2. The van der Waals surface area contributed by atoms with Crippen molar-refractivity contribution >= 4 is 46.0 Å². The number of aromatic nitrogens is 1. The predicted molar refractivity (Wildman–Crippen MR) is 108 cm³/mol. The van der Waals surface area contributed by atoms with Crippen LogP contribution in [0.4, 0.5) is 29.3 Å². The number of carbonyl (C=O) groups is 2. The van der Waals surface area contributed by atoms with E-state index in [0.717, 1.165) is 10.3 Å². The van der Waals surface area contributed by atoms with Crippen LogP contribution in [0.5, 0.6) is 0 Å². The maximum atomic E-state index is 12.9. The van der Waals surface area contributed by atoms with E-state index < -0.39 is 17.4 Å². The number of hydrogen-bond acceptors (Lipinski definition) is 5. The zero-order valence-corrected chi connectivity index (χ0v) is 16.2. The molecule has 0 atom stereocenters. The number of thioether (sulfide) groups is 1. The van der Waals surface area contributed by atoms with Gasteiger partial charge in [-0.25, -0.2) is 9.69 Å². The molecule has 10 heteroatoms. The zero-order chi connectivity index (χ0) is 21.5. The molecule has 0 saturated carbocycles. The number of anilines is 2. The Morgan fingerprint density at radius 1 is 1.07 bits per heavy atom. The Kier molecular flexibility index (Phi) is 5.02. The summed E-state index contributed by atoms with van der Waals surface area (Å²) in [5.41, 5.74) is 3.67. The highest BCUT2D eigenvalue weighted by Gasteiger charge is 2.37. The fourth-order valence-electron chi connectivity index (χ4n) is 3.31. The molecule has 154 valence electrons.